The van der Waals surface area contributed by atoms with E-state index in [9.17, 15) is 13.2 Å². The lowest BCUT2D eigenvalue weighted by molar-refractivity contribution is -0.157. The number of hydrogen-bond donors (Lipinski definition) is 1. The van der Waals surface area contributed by atoms with Crippen LogP contribution < -0.4 is 5.32 Å². The fourth-order valence-corrected chi connectivity index (χ4v) is 2.02. The Morgan fingerprint density at radius 3 is 2.65 bits per heavy atom. The van der Waals surface area contributed by atoms with Crippen molar-refractivity contribution in [2.24, 2.45) is 5.92 Å². The van der Waals surface area contributed by atoms with Gasteiger partial charge in [-0.2, -0.15) is 18.4 Å². The highest BCUT2D eigenvalue weighted by Crippen LogP contribution is 2.26. The van der Waals surface area contributed by atoms with Crippen LogP contribution in [-0.2, 0) is 0 Å². The van der Waals surface area contributed by atoms with Gasteiger partial charge in [0.1, 0.15) is 5.01 Å². The highest BCUT2D eigenvalue weighted by atomic mass is 32.1. The molecule has 17 heavy (non-hydrogen) atoms. The summed E-state index contributed by atoms with van der Waals surface area (Å²) in [7, 11) is 0. The number of thiazole rings is 1. The Bertz CT molecular complexity index is 408. The SMILES string of the molecule is Cc1csc(C(C)NCC(C#N)C(F)(F)F)n1. The molecule has 1 rings (SSSR count). The first-order chi connectivity index (χ1) is 7.84. The summed E-state index contributed by atoms with van der Waals surface area (Å²) in [5.41, 5.74) is 0.839. The third-order valence-corrected chi connectivity index (χ3v) is 3.33. The van der Waals surface area contributed by atoms with Gasteiger partial charge in [0, 0.05) is 17.6 Å². The minimum atomic E-state index is -4.49. The first-order valence-electron chi connectivity index (χ1n) is 4.96. The van der Waals surface area contributed by atoms with Crippen LogP contribution in [0.5, 0.6) is 0 Å². The molecule has 0 aliphatic carbocycles. The third kappa shape index (κ3) is 3.98. The van der Waals surface area contributed by atoms with E-state index in [-0.39, 0.29) is 6.04 Å². The van der Waals surface area contributed by atoms with Crippen LogP contribution in [0.25, 0.3) is 0 Å². The van der Waals surface area contributed by atoms with E-state index in [1.54, 1.807) is 6.92 Å². The highest BCUT2D eigenvalue weighted by molar-refractivity contribution is 7.09. The molecule has 0 bridgehead atoms. The summed E-state index contributed by atoms with van der Waals surface area (Å²) in [6.07, 6.45) is -4.49. The molecule has 0 saturated carbocycles. The number of aromatic nitrogens is 1. The molecule has 0 aromatic carbocycles. The summed E-state index contributed by atoms with van der Waals surface area (Å²) in [6.45, 7) is 3.13. The van der Waals surface area contributed by atoms with Crippen molar-refractivity contribution in [3.63, 3.8) is 0 Å². The molecule has 7 heteroatoms. The van der Waals surface area contributed by atoms with Gasteiger partial charge in [-0.1, -0.05) is 0 Å². The van der Waals surface area contributed by atoms with Gasteiger partial charge < -0.3 is 5.32 Å². The van der Waals surface area contributed by atoms with Gasteiger partial charge in [0.15, 0.2) is 5.92 Å². The third-order valence-electron chi connectivity index (χ3n) is 2.19. The maximum atomic E-state index is 12.3. The first-order valence-corrected chi connectivity index (χ1v) is 5.84. The molecule has 0 saturated heterocycles. The first kappa shape index (κ1) is 13.9. The van der Waals surface area contributed by atoms with Gasteiger partial charge >= 0.3 is 6.18 Å². The molecule has 3 nitrogen and oxygen atoms in total. The van der Waals surface area contributed by atoms with Crippen LogP contribution in [0, 0.1) is 24.2 Å². The second-order valence-corrected chi connectivity index (χ2v) is 4.57. The van der Waals surface area contributed by atoms with Crippen LogP contribution in [0.3, 0.4) is 0 Å². The minimum absolute atomic E-state index is 0.285. The van der Waals surface area contributed by atoms with E-state index < -0.39 is 18.6 Å². The van der Waals surface area contributed by atoms with Crippen molar-refractivity contribution >= 4 is 11.3 Å². The Morgan fingerprint density at radius 1 is 1.59 bits per heavy atom. The Hall–Kier alpha value is -1.13. The Kier molecular flexibility index (Phi) is 4.48. The van der Waals surface area contributed by atoms with Gasteiger partial charge in [0.2, 0.25) is 0 Å². The largest absolute Gasteiger partial charge is 0.405 e. The van der Waals surface area contributed by atoms with Crippen LogP contribution >= 0.6 is 11.3 Å². The van der Waals surface area contributed by atoms with E-state index in [1.165, 1.54) is 17.4 Å². The van der Waals surface area contributed by atoms with Gasteiger partial charge in [-0.3, -0.25) is 0 Å². The molecule has 1 aromatic rings. The summed E-state index contributed by atoms with van der Waals surface area (Å²) >= 11 is 1.39. The summed E-state index contributed by atoms with van der Waals surface area (Å²) in [5.74, 6) is -1.98. The standard InChI is InChI=1S/C10H12F3N3S/c1-6-5-17-9(16-6)7(2)15-4-8(3-14)10(11,12)13/h5,7-8,15H,4H2,1-2H3. The zero-order valence-electron chi connectivity index (χ0n) is 9.38. The average molecular weight is 263 g/mol. The molecule has 0 amide bonds. The number of aryl methyl sites for hydroxylation is 1. The van der Waals surface area contributed by atoms with Gasteiger partial charge in [-0.05, 0) is 13.8 Å². The number of halogens is 3. The second-order valence-electron chi connectivity index (χ2n) is 3.68. The molecule has 1 heterocycles. The maximum Gasteiger partial charge on any atom is 0.405 e. The zero-order valence-corrected chi connectivity index (χ0v) is 10.2. The highest BCUT2D eigenvalue weighted by Gasteiger charge is 2.39. The van der Waals surface area contributed by atoms with Crippen LogP contribution in [0.1, 0.15) is 23.7 Å². The van der Waals surface area contributed by atoms with Crippen molar-refractivity contribution in [1.82, 2.24) is 10.3 Å². The average Bonchev–Trinajstić information content (AvgIpc) is 2.63. The molecular formula is C10H12F3N3S. The summed E-state index contributed by atoms with van der Waals surface area (Å²) in [5, 5.41) is 13.7. The molecule has 0 radical (unpaired) electrons. The maximum absolute atomic E-state index is 12.3. The molecule has 94 valence electrons. The van der Waals surface area contributed by atoms with E-state index in [1.807, 2.05) is 12.3 Å². The van der Waals surface area contributed by atoms with Crippen molar-refractivity contribution in [3.05, 3.63) is 16.1 Å². The van der Waals surface area contributed by atoms with Crippen molar-refractivity contribution in [3.8, 4) is 6.07 Å². The van der Waals surface area contributed by atoms with Crippen LogP contribution in [0.4, 0.5) is 13.2 Å². The van der Waals surface area contributed by atoms with Crippen LogP contribution in [0.15, 0.2) is 5.38 Å². The fraction of sp³-hybridized carbons (Fsp3) is 0.600. The topological polar surface area (TPSA) is 48.7 Å². The number of rotatable bonds is 4. The van der Waals surface area contributed by atoms with E-state index >= 15 is 0 Å². The molecule has 1 N–H and O–H groups in total. The fourth-order valence-electron chi connectivity index (χ4n) is 1.19. The normalized spacial score (nSPS) is 15.3. The molecule has 0 fully saturated rings. The lowest BCUT2D eigenvalue weighted by Gasteiger charge is -2.16. The summed E-state index contributed by atoms with van der Waals surface area (Å²) in [4.78, 5) is 4.17. The monoisotopic (exact) mass is 263 g/mol. The van der Waals surface area contributed by atoms with Crippen LogP contribution in [-0.4, -0.2) is 17.7 Å². The van der Waals surface area contributed by atoms with Crippen molar-refractivity contribution in [1.29, 1.82) is 5.26 Å². The molecule has 2 unspecified atom stereocenters. The number of nitrogens with one attached hydrogen (secondary N) is 1. The van der Waals surface area contributed by atoms with E-state index in [4.69, 9.17) is 5.26 Å². The molecule has 2 atom stereocenters. The minimum Gasteiger partial charge on any atom is -0.306 e. The number of alkyl halides is 3. The van der Waals surface area contributed by atoms with E-state index in [0.29, 0.717) is 0 Å². The number of nitrogens with zero attached hydrogens (tertiary/aromatic N) is 2. The van der Waals surface area contributed by atoms with Crippen LogP contribution in [0.2, 0.25) is 0 Å². The van der Waals surface area contributed by atoms with Gasteiger partial charge in [-0.25, -0.2) is 4.98 Å². The van der Waals surface area contributed by atoms with Crippen molar-refractivity contribution in [2.45, 2.75) is 26.1 Å². The smallest absolute Gasteiger partial charge is 0.306 e. The van der Waals surface area contributed by atoms with E-state index in [0.717, 1.165) is 10.7 Å². The molecular weight excluding hydrogens is 251 g/mol. The Morgan fingerprint density at radius 2 is 2.24 bits per heavy atom. The van der Waals surface area contributed by atoms with Crippen molar-refractivity contribution in [2.75, 3.05) is 6.54 Å². The van der Waals surface area contributed by atoms with E-state index in [2.05, 4.69) is 10.3 Å². The summed E-state index contributed by atoms with van der Waals surface area (Å²) in [6, 6.07) is 0.964. The molecule has 0 aliphatic rings. The Labute approximate surface area is 101 Å². The number of hydrogen-bond acceptors (Lipinski definition) is 4. The predicted molar refractivity (Wildman–Crippen MR) is 58.4 cm³/mol. The predicted octanol–water partition coefficient (Wildman–Crippen LogP) is 2.80. The lowest BCUT2D eigenvalue weighted by atomic mass is 10.1. The van der Waals surface area contributed by atoms with Gasteiger partial charge in [0.05, 0.1) is 12.1 Å². The summed E-state index contributed by atoms with van der Waals surface area (Å²) < 4.78 is 36.9. The molecule has 0 aliphatic heterocycles. The molecule has 0 spiro atoms. The number of nitriles is 1. The Balaban J connectivity index is 2.54. The second kappa shape index (κ2) is 5.47. The quantitative estimate of drug-likeness (QED) is 0.908. The van der Waals surface area contributed by atoms with Crippen molar-refractivity contribution < 1.29 is 13.2 Å². The zero-order chi connectivity index (χ0) is 13.1. The van der Waals surface area contributed by atoms with Gasteiger partial charge in [-0.15, -0.1) is 11.3 Å². The lowest BCUT2D eigenvalue weighted by Crippen LogP contribution is -2.33. The molecule has 1 aromatic heterocycles. The van der Waals surface area contributed by atoms with Gasteiger partial charge in [0.25, 0.3) is 0 Å².